The van der Waals surface area contributed by atoms with Crippen molar-refractivity contribution < 1.29 is 29.0 Å². The molecule has 50 heavy (non-hydrogen) atoms. The van der Waals surface area contributed by atoms with Crippen LogP contribution >= 0.6 is 63.7 Å². The molecule has 2 aliphatic rings. The minimum Gasteiger partial charge on any atom is -0.495 e. The van der Waals surface area contributed by atoms with Crippen LogP contribution in [0.25, 0.3) is 0 Å². The molecule has 1 spiro atoms. The van der Waals surface area contributed by atoms with E-state index in [1.165, 1.54) is 64.9 Å². The Kier molecular flexibility index (Phi) is 19.4. The van der Waals surface area contributed by atoms with Crippen LogP contribution < -0.4 is 15.4 Å². The molecule has 0 bridgehead atoms. The van der Waals surface area contributed by atoms with Gasteiger partial charge in [0.2, 0.25) is 5.91 Å². The summed E-state index contributed by atoms with van der Waals surface area (Å²) in [5.41, 5.74) is 0.0715. The molecule has 0 radical (unpaired) electrons. The number of carbonyl (C=O) groups excluding carboxylic acids is 2. The Morgan fingerprint density at radius 1 is 0.980 bits per heavy atom. The van der Waals surface area contributed by atoms with Gasteiger partial charge in [0.25, 0.3) is 5.91 Å². The molecule has 0 fully saturated rings. The number of carbonyl (C=O) groups is 2. The molecule has 1 heterocycles. The molecule has 1 aliphatic heterocycles. The van der Waals surface area contributed by atoms with Gasteiger partial charge in [0.05, 0.1) is 31.6 Å². The number of hydrogen-bond donors (Lipinski definition) is 3. The zero-order valence-corrected chi connectivity index (χ0v) is 35.9. The predicted molar refractivity (Wildman–Crippen MR) is 214 cm³/mol. The average molecular weight is 955 g/mol. The monoisotopic (exact) mass is 951 g/mol. The van der Waals surface area contributed by atoms with Crippen molar-refractivity contribution in [2.75, 3.05) is 26.8 Å². The lowest BCUT2D eigenvalue weighted by molar-refractivity contribution is -0.121. The fourth-order valence-electron chi connectivity index (χ4n) is 6.07. The van der Waals surface area contributed by atoms with Crippen LogP contribution in [0.3, 0.4) is 0 Å². The topological polar surface area (TPSA) is 118 Å². The smallest absolute Gasteiger partial charge is 0.269 e. The van der Waals surface area contributed by atoms with Crippen molar-refractivity contribution in [2.24, 2.45) is 11.1 Å². The van der Waals surface area contributed by atoms with E-state index in [0.717, 1.165) is 33.3 Å². The summed E-state index contributed by atoms with van der Waals surface area (Å²) in [6.07, 6.45) is 16.5. The predicted octanol–water partition coefficient (Wildman–Crippen LogP) is 9.51. The molecule has 0 saturated carbocycles. The Morgan fingerprint density at radius 2 is 1.64 bits per heavy atom. The quantitative estimate of drug-likeness (QED) is 0.0942. The van der Waals surface area contributed by atoms with Crippen molar-refractivity contribution in [2.45, 2.75) is 122 Å². The van der Waals surface area contributed by atoms with E-state index < -0.39 is 11.7 Å². The number of amides is 2. The second-order valence-electron chi connectivity index (χ2n) is 13.2. The van der Waals surface area contributed by atoms with Crippen LogP contribution in [0, 0.1) is 5.92 Å². The maximum absolute atomic E-state index is 12.8. The van der Waals surface area contributed by atoms with E-state index >= 15 is 0 Å². The van der Waals surface area contributed by atoms with E-state index in [2.05, 4.69) is 93.4 Å². The van der Waals surface area contributed by atoms with Gasteiger partial charge in [0.15, 0.2) is 5.60 Å². The molecule has 3 atom stereocenters. The number of aliphatic hydroxyl groups excluding tert-OH is 1. The van der Waals surface area contributed by atoms with Gasteiger partial charge >= 0.3 is 0 Å². The van der Waals surface area contributed by atoms with Crippen LogP contribution in [0.5, 0.6) is 5.75 Å². The zero-order chi connectivity index (χ0) is 36.5. The van der Waals surface area contributed by atoms with Gasteiger partial charge in [-0.05, 0) is 113 Å². The maximum Gasteiger partial charge on any atom is 0.269 e. The summed E-state index contributed by atoms with van der Waals surface area (Å²) in [4.78, 5) is 30.7. The number of ether oxygens (including phenoxy) is 2. The number of halogens is 4. The first-order valence-corrected chi connectivity index (χ1v) is 21.1. The Balaban J connectivity index is 1.26. The van der Waals surface area contributed by atoms with Crippen molar-refractivity contribution in [1.82, 2.24) is 10.6 Å². The summed E-state index contributed by atoms with van der Waals surface area (Å²) in [7, 11) is 1.50. The SMILES string of the molecule is CCCCCCC(C)CCCCCCCC(=O)NCCc1cc(Br)c(OCCCNC(=O)C2=NO[C@@]3(C=C(Br)C(OC)=C(Br)[C@H]3O)C2)c(Br)c1. The molecule has 1 aromatic rings. The van der Waals surface area contributed by atoms with Crippen LogP contribution in [-0.2, 0) is 25.6 Å². The minimum atomic E-state index is -1.20. The Hall–Kier alpha value is -1.41. The van der Waals surface area contributed by atoms with E-state index in [1.54, 1.807) is 6.08 Å². The van der Waals surface area contributed by atoms with Crippen LogP contribution in [0.2, 0.25) is 0 Å². The highest BCUT2D eigenvalue weighted by Crippen LogP contribution is 2.44. The Bertz CT molecular complexity index is 1350. The summed E-state index contributed by atoms with van der Waals surface area (Å²) in [5, 5.41) is 20.7. The fraction of sp³-hybridized carbons (Fsp3) is 0.649. The molecule has 3 rings (SSSR count). The molecule has 0 saturated heterocycles. The maximum atomic E-state index is 12.8. The molecule has 0 aromatic heterocycles. The van der Waals surface area contributed by atoms with Gasteiger partial charge in [-0.15, -0.1) is 0 Å². The normalized spacial score (nSPS) is 19.2. The molecule has 13 heteroatoms. The number of benzene rings is 1. The number of oxime groups is 1. The summed E-state index contributed by atoms with van der Waals surface area (Å²) in [6.45, 7) is 5.98. The number of nitrogens with one attached hydrogen (secondary N) is 2. The first kappa shape index (κ1) is 43.0. The number of unbranched alkanes of at least 4 members (excludes halogenated alkanes) is 7. The van der Waals surface area contributed by atoms with E-state index in [4.69, 9.17) is 14.3 Å². The van der Waals surface area contributed by atoms with Crippen molar-refractivity contribution in [1.29, 1.82) is 0 Å². The lowest BCUT2D eigenvalue weighted by Gasteiger charge is -2.33. The Morgan fingerprint density at radius 3 is 2.32 bits per heavy atom. The van der Waals surface area contributed by atoms with Gasteiger partial charge in [0, 0.05) is 25.9 Å². The van der Waals surface area contributed by atoms with E-state index in [1.807, 2.05) is 12.1 Å². The highest BCUT2D eigenvalue weighted by molar-refractivity contribution is 9.12. The van der Waals surface area contributed by atoms with Gasteiger partial charge in [0.1, 0.15) is 23.3 Å². The standard InChI is InChI=1S/C37H53Br4N3O6/c1-4-5-6-10-14-25(2)15-11-8-7-9-12-16-31(45)42-19-17-26-21-27(38)33(28(39)22-26)49-20-13-18-43-36(47)30-24-37(50-44-30)23-29(40)34(48-3)32(41)35(37)46/h21-23,25,35,46H,4-20,24H2,1-3H3,(H,42,45)(H,43,47)/t25?,35-,37+/m1/s1. The highest BCUT2D eigenvalue weighted by atomic mass is 79.9. The number of nitrogens with zero attached hydrogens (tertiary/aromatic N) is 1. The van der Waals surface area contributed by atoms with Crippen LogP contribution in [-0.4, -0.2) is 61.1 Å². The van der Waals surface area contributed by atoms with Gasteiger partial charge in [-0.2, -0.15) is 0 Å². The number of allylic oxidation sites excluding steroid dienone is 1. The lowest BCUT2D eigenvalue weighted by Crippen LogP contribution is -2.45. The second-order valence-corrected chi connectivity index (χ2v) is 16.7. The van der Waals surface area contributed by atoms with Crippen molar-refractivity contribution in [3.05, 3.63) is 47.4 Å². The highest BCUT2D eigenvalue weighted by Gasteiger charge is 2.50. The third kappa shape index (κ3) is 13.5. The molecule has 1 aromatic carbocycles. The van der Waals surface area contributed by atoms with E-state index in [9.17, 15) is 14.7 Å². The minimum absolute atomic E-state index is 0.104. The first-order valence-electron chi connectivity index (χ1n) is 17.9. The molecule has 3 N–H and O–H groups in total. The number of aliphatic hydroxyl groups is 1. The van der Waals surface area contributed by atoms with Gasteiger partial charge in [-0.25, -0.2) is 0 Å². The lowest BCUT2D eigenvalue weighted by atomic mass is 9.87. The largest absolute Gasteiger partial charge is 0.495 e. The fourth-order valence-corrected chi connectivity index (χ4v) is 9.37. The van der Waals surface area contributed by atoms with E-state index in [-0.39, 0.29) is 23.9 Å². The molecule has 1 aliphatic carbocycles. The Labute approximate surface area is 331 Å². The van der Waals surface area contributed by atoms with Crippen LogP contribution in [0.15, 0.2) is 47.0 Å². The number of rotatable bonds is 23. The molecule has 2 amide bonds. The molecular weight excluding hydrogens is 902 g/mol. The van der Waals surface area contributed by atoms with E-state index in [0.29, 0.717) is 59.4 Å². The van der Waals surface area contributed by atoms with Gasteiger partial charge < -0.3 is 30.1 Å². The van der Waals surface area contributed by atoms with Crippen molar-refractivity contribution in [3.63, 3.8) is 0 Å². The molecule has 1 unspecified atom stereocenters. The van der Waals surface area contributed by atoms with Crippen LogP contribution in [0.1, 0.15) is 109 Å². The summed E-state index contributed by atoms with van der Waals surface area (Å²) >= 11 is 14.0. The van der Waals surface area contributed by atoms with Gasteiger partial charge in [-0.3, -0.25) is 9.59 Å². The molecule has 9 nitrogen and oxygen atoms in total. The summed E-state index contributed by atoms with van der Waals surface area (Å²) < 4.78 is 13.9. The third-order valence-corrected chi connectivity index (χ3v) is 11.6. The first-order chi connectivity index (χ1) is 24.0. The van der Waals surface area contributed by atoms with Crippen LogP contribution in [0.4, 0.5) is 0 Å². The average Bonchev–Trinajstić information content (AvgIpc) is 3.51. The molecular formula is C37H53Br4N3O6. The van der Waals surface area contributed by atoms with Crippen molar-refractivity contribution >= 4 is 81.2 Å². The summed E-state index contributed by atoms with van der Waals surface area (Å²) in [6, 6.07) is 4.01. The third-order valence-electron chi connectivity index (χ3n) is 9.04. The summed E-state index contributed by atoms with van der Waals surface area (Å²) in [5.74, 6) is 1.73. The van der Waals surface area contributed by atoms with Crippen molar-refractivity contribution in [3.8, 4) is 5.75 Å². The number of hydrogen-bond acceptors (Lipinski definition) is 7. The van der Waals surface area contributed by atoms with Gasteiger partial charge in [-0.1, -0.05) is 83.2 Å². The second kappa shape index (κ2) is 22.6. The molecule has 280 valence electrons. The number of methoxy groups -OCH3 is 1. The zero-order valence-electron chi connectivity index (χ0n) is 29.6.